The number of aromatic nitrogens is 1. The summed E-state index contributed by atoms with van der Waals surface area (Å²) in [6.07, 6.45) is 0.107. The summed E-state index contributed by atoms with van der Waals surface area (Å²) in [5, 5.41) is 3.42. The predicted molar refractivity (Wildman–Crippen MR) is 97.5 cm³/mol. The molecule has 0 bridgehead atoms. The fourth-order valence-corrected chi connectivity index (χ4v) is 3.57. The molecule has 0 saturated heterocycles. The summed E-state index contributed by atoms with van der Waals surface area (Å²) in [6.45, 7) is 3.93. The molecule has 0 spiro atoms. The number of hydrogen-bond acceptors (Lipinski definition) is 4. The summed E-state index contributed by atoms with van der Waals surface area (Å²) in [5.41, 5.74) is 1.42. The zero-order chi connectivity index (χ0) is 16.4. The van der Waals surface area contributed by atoms with E-state index in [4.69, 9.17) is 4.74 Å². The number of anilines is 1. The highest BCUT2D eigenvalue weighted by molar-refractivity contribution is 9.10. The average Bonchev–Trinajstić information content (AvgIpc) is 2.91. The number of benzene rings is 2. The monoisotopic (exact) mass is 390 g/mol. The van der Waals surface area contributed by atoms with Crippen LogP contribution < -0.4 is 10.1 Å². The maximum absolute atomic E-state index is 12.3. The number of carbonyl (C=O) groups is 1. The zero-order valence-electron chi connectivity index (χ0n) is 12.7. The summed E-state index contributed by atoms with van der Waals surface area (Å²) in [7, 11) is 0. The Morgan fingerprint density at radius 2 is 1.96 bits per heavy atom. The Labute approximate surface area is 146 Å². The van der Waals surface area contributed by atoms with Gasteiger partial charge in [-0.15, -0.1) is 0 Å². The third-order valence-corrected chi connectivity index (χ3v) is 4.65. The Kier molecular flexibility index (Phi) is 4.63. The van der Waals surface area contributed by atoms with Gasteiger partial charge in [0.2, 0.25) is 0 Å². The van der Waals surface area contributed by atoms with Crippen molar-refractivity contribution in [2.75, 3.05) is 5.32 Å². The van der Waals surface area contributed by atoms with E-state index in [0.717, 1.165) is 20.4 Å². The van der Waals surface area contributed by atoms with Gasteiger partial charge >= 0.3 is 0 Å². The number of thiazole rings is 1. The van der Waals surface area contributed by atoms with Gasteiger partial charge < -0.3 is 4.74 Å². The van der Waals surface area contributed by atoms with Gasteiger partial charge in [0.25, 0.3) is 5.91 Å². The molecule has 6 heteroatoms. The number of amides is 1. The van der Waals surface area contributed by atoms with E-state index in [1.54, 1.807) is 24.3 Å². The van der Waals surface area contributed by atoms with E-state index in [0.29, 0.717) is 10.7 Å². The van der Waals surface area contributed by atoms with Gasteiger partial charge in [-0.1, -0.05) is 17.4 Å². The number of nitrogens with one attached hydrogen (secondary N) is 1. The van der Waals surface area contributed by atoms with Crippen LogP contribution in [0.15, 0.2) is 46.9 Å². The lowest BCUT2D eigenvalue weighted by molar-refractivity contribution is 0.102. The summed E-state index contributed by atoms with van der Waals surface area (Å²) < 4.78 is 7.51. The Hall–Kier alpha value is -1.92. The first-order chi connectivity index (χ1) is 11.0. The number of rotatable bonds is 4. The zero-order valence-corrected chi connectivity index (χ0v) is 15.1. The maximum Gasteiger partial charge on any atom is 0.257 e. The van der Waals surface area contributed by atoms with E-state index in [9.17, 15) is 4.79 Å². The maximum atomic E-state index is 12.3. The molecule has 1 amide bonds. The van der Waals surface area contributed by atoms with Crippen LogP contribution in [0.5, 0.6) is 5.75 Å². The van der Waals surface area contributed by atoms with Crippen molar-refractivity contribution in [1.29, 1.82) is 0 Å². The molecule has 0 radical (unpaired) electrons. The van der Waals surface area contributed by atoms with Crippen LogP contribution in [0, 0.1) is 0 Å². The van der Waals surface area contributed by atoms with E-state index in [1.165, 1.54) is 11.3 Å². The molecular weight excluding hydrogens is 376 g/mol. The Morgan fingerprint density at radius 1 is 1.22 bits per heavy atom. The molecule has 3 rings (SSSR count). The van der Waals surface area contributed by atoms with Gasteiger partial charge in [-0.3, -0.25) is 10.1 Å². The molecular formula is C17H15BrN2O2S. The first-order valence-electron chi connectivity index (χ1n) is 7.16. The minimum atomic E-state index is -0.184. The Balaban J connectivity index is 1.76. The fraction of sp³-hybridized carbons (Fsp3) is 0.176. The molecule has 0 atom stereocenters. The number of carbonyl (C=O) groups excluding carboxylic acids is 1. The second-order valence-electron chi connectivity index (χ2n) is 5.25. The number of nitrogens with zero attached hydrogens (tertiary/aromatic N) is 1. The highest BCUT2D eigenvalue weighted by Gasteiger charge is 2.11. The first-order valence-corrected chi connectivity index (χ1v) is 8.77. The predicted octanol–water partition coefficient (Wildman–Crippen LogP) is 5.10. The van der Waals surface area contributed by atoms with Gasteiger partial charge in [0, 0.05) is 10.0 Å². The lowest BCUT2D eigenvalue weighted by Gasteiger charge is -2.09. The summed E-state index contributed by atoms with van der Waals surface area (Å²) in [6, 6.07) is 12.9. The Morgan fingerprint density at radius 3 is 2.61 bits per heavy atom. The second kappa shape index (κ2) is 6.68. The molecule has 1 N–H and O–H groups in total. The van der Waals surface area contributed by atoms with Gasteiger partial charge in [-0.05, 0) is 66.2 Å². The van der Waals surface area contributed by atoms with Crippen LogP contribution in [0.3, 0.4) is 0 Å². The fourth-order valence-electron chi connectivity index (χ4n) is 2.09. The quantitative estimate of drug-likeness (QED) is 0.673. The summed E-state index contributed by atoms with van der Waals surface area (Å²) in [4.78, 5) is 16.8. The third-order valence-electron chi connectivity index (χ3n) is 3.08. The topological polar surface area (TPSA) is 51.2 Å². The molecule has 0 aliphatic heterocycles. The number of para-hydroxylation sites is 1. The first kappa shape index (κ1) is 16.0. The van der Waals surface area contributed by atoms with E-state index in [-0.39, 0.29) is 12.0 Å². The van der Waals surface area contributed by atoms with Crippen LogP contribution in [0.2, 0.25) is 0 Å². The molecule has 0 aliphatic carbocycles. The van der Waals surface area contributed by atoms with Crippen molar-refractivity contribution >= 4 is 48.5 Å². The molecule has 2 aromatic carbocycles. The molecule has 0 fully saturated rings. The van der Waals surface area contributed by atoms with E-state index < -0.39 is 0 Å². The Bertz CT molecular complexity index is 843. The lowest BCUT2D eigenvalue weighted by atomic mass is 10.2. The molecule has 0 saturated carbocycles. The minimum absolute atomic E-state index is 0.107. The standard InChI is InChI=1S/C17H15BrN2O2S/c1-10(2)22-12-8-6-11(7-9-12)16(21)20-17-19-15-13(18)4-3-5-14(15)23-17/h3-10H,1-2H3,(H,19,20,21). The molecule has 3 aromatic rings. The van der Waals surface area contributed by atoms with Crippen LogP contribution in [0.4, 0.5) is 5.13 Å². The highest BCUT2D eigenvalue weighted by atomic mass is 79.9. The molecule has 0 unspecified atom stereocenters. The van der Waals surface area contributed by atoms with Crippen molar-refractivity contribution in [1.82, 2.24) is 4.98 Å². The molecule has 4 nitrogen and oxygen atoms in total. The van der Waals surface area contributed by atoms with Gasteiger partial charge in [0.1, 0.15) is 5.75 Å². The number of ether oxygens (including phenoxy) is 1. The highest BCUT2D eigenvalue weighted by Crippen LogP contribution is 2.31. The van der Waals surface area contributed by atoms with Crippen LogP contribution in [-0.4, -0.2) is 17.0 Å². The van der Waals surface area contributed by atoms with Crippen molar-refractivity contribution in [3.05, 3.63) is 52.5 Å². The van der Waals surface area contributed by atoms with Gasteiger partial charge in [0.15, 0.2) is 5.13 Å². The van der Waals surface area contributed by atoms with Crippen molar-refractivity contribution in [2.24, 2.45) is 0 Å². The molecule has 1 heterocycles. The van der Waals surface area contributed by atoms with Crippen LogP contribution >= 0.6 is 27.3 Å². The minimum Gasteiger partial charge on any atom is -0.491 e. The van der Waals surface area contributed by atoms with Gasteiger partial charge in [0.05, 0.1) is 16.3 Å². The number of halogens is 1. The molecule has 23 heavy (non-hydrogen) atoms. The van der Waals surface area contributed by atoms with Gasteiger partial charge in [-0.25, -0.2) is 4.98 Å². The van der Waals surface area contributed by atoms with Crippen LogP contribution in [0.25, 0.3) is 10.2 Å². The average molecular weight is 391 g/mol. The van der Waals surface area contributed by atoms with Crippen molar-refractivity contribution in [2.45, 2.75) is 20.0 Å². The summed E-state index contributed by atoms with van der Waals surface area (Å²) in [5.74, 6) is 0.566. The largest absolute Gasteiger partial charge is 0.491 e. The van der Waals surface area contributed by atoms with E-state index in [1.807, 2.05) is 32.0 Å². The molecule has 118 valence electrons. The van der Waals surface area contributed by atoms with Crippen molar-refractivity contribution in [3.8, 4) is 5.75 Å². The van der Waals surface area contributed by atoms with Crippen LogP contribution in [-0.2, 0) is 0 Å². The molecule has 0 aliphatic rings. The third kappa shape index (κ3) is 3.71. The second-order valence-corrected chi connectivity index (χ2v) is 7.14. The van der Waals surface area contributed by atoms with E-state index >= 15 is 0 Å². The molecule has 1 aromatic heterocycles. The van der Waals surface area contributed by atoms with Crippen molar-refractivity contribution in [3.63, 3.8) is 0 Å². The van der Waals surface area contributed by atoms with Crippen LogP contribution in [0.1, 0.15) is 24.2 Å². The number of fused-ring (bicyclic) bond motifs is 1. The number of hydrogen-bond donors (Lipinski definition) is 1. The smallest absolute Gasteiger partial charge is 0.257 e. The van der Waals surface area contributed by atoms with Gasteiger partial charge in [-0.2, -0.15) is 0 Å². The van der Waals surface area contributed by atoms with Crippen molar-refractivity contribution < 1.29 is 9.53 Å². The summed E-state index contributed by atoms with van der Waals surface area (Å²) >= 11 is 4.91. The SMILES string of the molecule is CC(C)Oc1ccc(C(=O)Nc2nc3c(Br)cccc3s2)cc1. The van der Waals surface area contributed by atoms with E-state index in [2.05, 4.69) is 26.2 Å². The normalized spacial score (nSPS) is 11.0. The lowest BCUT2D eigenvalue weighted by Crippen LogP contribution is -2.12.